The summed E-state index contributed by atoms with van der Waals surface area (Å²) in [4.78, 5) is 14.3. The average molecular weight is 280 g/mol. The lowest BCUT2D eigenvalue weighted by Gasteiger charge is -2.27. The molecular weight excluding hydrogens is 256 g/mol. The quantitative estimate of drug-likeness (QED) is 0.789. The molecule has 1 aromatic rings. The van der Waals surface area contributed by atoms with Gasteiger partial charge < -0.3 is 15.2 Å². The highest BCUT2D eigenvalue weighted by atomic mass is 16.5. The van der Waals surface area contributed by atoms with Crippen LogP contribution in [0.3, 0.4) is 0 Å². The molecule has 0 bridgehead atoms. The third kappa shape index (κ3) is 4.31. The third-order valence-electron chi connectivity index (χ3n) is 3.58. The molecule has 0 aromatic carbocycles. The lowest BCUT2D eigenvalue weighted by Crippen LogP contribution is -2.39. The molecule has 1 aliphatic rings. The van der Waals surface area contributed by atoms with E-state index in [1.54, 1.807) is 13.0 Å². The van der Waals surface area contributed by atoms with Crippen molar-refractivity contribution < 1.29 is 9.32 Å². The first-order valence-corrected chi connectivity index (χ1v) is 7.37. The molecule has 2 N–H and O–H groups in total. The predicted molar refractivity (Wildman–Crippen MR) is 77.6 cm³/mol. The van der Waals surface area contributed by atoms with Crippen LogP contribution in [0.5, 0.6) is 0 Å². The fourth-order valence-corrected chi connectivity index (χ4v) is 2.59. The van der Waals surface area contributed by atoms with Crippen molar-refractivity contribution in [1.29, 1.82) is 0 Å². The number of amides is 1. The first-order chi connectivity index (χ1) is 9.69. The Balaban J connectivity index is 1.77. The topological polar surface area (TPSA) is 70.4 Å². The zero-order chi connectivity index (χ0) is 14.4. The zero-order valence-electron chi connectivity index (χ0n) is 12.3. The summed E-state index contributed by atoms with van der Waals surface area (Å²) < 4.78 is 4.93. The second-order valence-corrected chi connectivity index (χ2v) is 5.30. The van der Waals surface area contributed by atoms with Gasteiger partial charge in [-0.3, -0.25) is 9.69 Å². The van der Waals surface area contributed by atoms with Gasteiger partial charge in [0.05, 0.1) is 0 Å². The molecule has 1 atom stereocenters. The number of nitrogens with one attached hydrogen (secondary N) is 2. The fraction of sp³-hybridized carbons (Fsp3) is 0.714. The molecule has 1 unspecified atom stereocenters. The van der Waals surface area contributed by atoms with Gasteiger partial charge in [-0.1, -0.05) is 12.1 Å². The number of rotatable bonds is 7. The SMILES string of the molecule is CCCN(CCC(=O)Nc1cc(C)on1)C1CCNC1. The Morgan fingerprint density at radius 3 is 3.05 bits per heavy atom. The first-order valence-electron chi connectivity index (χ1n) is 7.37. The Morgan fingerprint density at radius 2 is 2.45 bits per heavy atom. The summed E-state index contributed by atoms with van der Waals surface area (Å²) in [6.45, 7) is 7.93. The average Bonchev–Trinajstić information content (AvgIpc) is 3.06. The highest BCUT2D eigenvalue weighted by Gasteiger charge is 2.22. The van der Waals surface area contributed by atoms with Crippen LogP contribution in [-0.4, -0.2) is 48.2 Å². The first kappa shape index (κ1) is 15.0. The molecule has 112 valence electrons. The summed E-state index contributed by atoms with van der Waals surface area (Å²) in [6.07, 6.45) is 2.77. The van der Waals surface area contributed by atoms with Gasteiger partial charge in [0.25, 0.3) is 0 Å². The lowest BCUT2D eigenvalue weighted by atomic mass is 10.2. The van der Waals surface area contributed by atoms with Crippen LogP contribution in [-0.2, 0) is 4.79 Å². The van der Waals surface area contributed by atoms with Gasteiger partial charge in [0.2, 0.25) is 5.91 Å². The van der Waals surface area contributed by atoms with Gasteiger partial charge in [-0.25, -0.2) is 0 Å². The number of carbonyl (C=O) groups excluding carboxylic acids is 1. The van der Waals surface area contributed by atoms with E-state index in [0.29, 0.717) is 24.0 Å². The van der Waals surface area contributed by atoms with Crippen molar-refractivity contribution in [3.05, 3.63) is 11.8 Å². The molecule has 0 spiro atoms. The number of anilines is 1. The molecule has 2 heterocycles. The molecule has 6 nitrogen and oxygen atoms in total. The zero-order valence-corrected chi connectivity index (χ0v) is 12.3. The van der Waals surface area contributed by atoms with Crippen molar-refractivity contribution in [2.45, 2.75) is 39.2 Å². The Kier molecular flexibility index (Phi) is 5.55. The number of hydrogen-bond acceptors (Lipinski definition) is 5. The van der Waals surface area contributed by atoms with E-state index in [1.807, 2.05) is 0 Å². The minimum absolute atomic E-state index is 0.00893. The molecule has 1 amide bonds. The van der Waals surface area contributed by atoms with Crippen molar-refractivity contribution >= 4 is 11.7 Å². The highest BCUT2D eigenvalue weighted by molar-refractivity contribution is 5.89. The monoisotopic (exact) mass is 280 g/mol. The van der Waals surface area contributed by atoms with Gasteiger partial charge >= 0.3 is 0 Å². The summed E-state index contributed by atoms with van der Waals surface area (Å²) in [5.74, 6) is 1.19. The van der Waals surface area contributed by atoms with Gasteiger partial charge in [0.15, 0.2) is 5.82 Å². The van der Waals surface area contributed by atoms with Crippen molar-refractivity contribution in [3.8, 4) is 0 Å². The molecule has 1 aromatic heterocycles. The number of carbonyl (C=O) groups is 1. The summed E-state index contributed by atoms with van der Waals surface area (Å²) in [7, 11) is 0. The van der Waals surface area contributed by atoms with Gasteiger partial charge in [-0.05, 0) is 32.9 Å². The molecule has 0 saturated carbocycles. The minimum atomic E-state index is -0.00893. The smallest absolute Gasteiger partial charge is 0.226 e. The number of aryl methyl sites for hydroxylation is 1. The number of aromatic nitrogens is 1. The van der Waals surface area contributed by atoms with Crippen LogP contribution in [0.2, 0.25) is 0 Å². The Morgan fingerprint density at radius 1 is 1.60 bits per heavy atom. The summed E-state index contributed by atoms with van der Waals surface area (Å²) in [6, 6.07) is 2.29. The standard InChI is InChI=1S/C14H24N4O2/c1-3-7-18(12-4-6-15-10-12)8-5-14(19)16-13-9-11(2)20-17-13/h9,12,15H,3-8,10H2,1-2H3,(H,16,17,19). The van der Waals surface area contributed by atoms with Crippen molar-refractivity contribution in [2.24, 2.45) is 0 Å². The largest absolute Gasteiger partial charge is 0.360 e. The highest BCUT2D eigenvalue weighted by Crippen LogP contribution is 2.11. The van der Waals surface area contributed by atoms with Gasteiger partial charge in [0.1, 0.15) is 5.76 Å². The molecule has 1 fully saturated rings. The second kappa shape index (κ2) is 7.40. The van der Waals surface area contributed by atoms with E-state index in [0.717, 1.165) is 32.6 Å². The molecule has 1 aliphatic heterocycles. The summed E-state index contributed by atoms with van der Waals surface area (Å²) in [5, 5.41) is 9.91. The molecule has 2 rings (SSSR count). The van der Waals surface area contributed by atoms with E-state index in [2.05, 4.69) is 27.6 Å². The van der Waals surface area contributed by atoms with Gasteiger partial charge in [0, 0.05) is 31.6 Å². The van der Waals surface area contributed by atoms with E-state index >= 15 is 0 Å². The Labute approximate surface area is 119 Å². The van der Waals surface area contributed by atoms with Gasteiger partial charge in [-0.15, -0.1) is 0 Å². The van der Waals surface area contributed by atoms with E-state index < -0.39 is 0 Å². The van der Waals surface area contributed by atoms with E-state index in [9.17, 15) is 4.79 Å². The normalized spacial score (nSPS) is 18.6. The maximum Gasteiger partial charge on any atom is 0.226 e. The van der Waals surface area contributed by atoms with Crippen molar-refractivity contribution in [3.63, 3.8) is 0 Å². The van der Waals surface area contributed by atoms with Crippen LogP contribution >= 0.6 is 0 Å². The maximum absolute atomic E-state index is 11.9. The van der Waals surface area contributed by atoms with Crippen LogP contribution in [0.25, 0.3) is 0 Å². The van der Waals surface area contributed by atoms with Crippen LogP contribution in [0, 0.1) is 6.92 Å². The lowest BCUT2D eigenvalue weighted by molar-refractivity contribution is -0.116. The third-order valence-corrected chi connectivity index (χ3v) is 3.58. The van der Waals surface area contributed by atoms with Crippen LogP contribution in [0.1, 0.15) is 31.9 Å². The molecule has 1 saturated heterocycles. The molecule has 6 heteroatoms. The van der Waals surface area contributed by atoms with E-state index in [-0.39, 0.29) is 5.91 Å². The van der Waals surface area contributed by atoms with Crippen molar-refractivity contribution in [2.75, 3.05) is 31.5 Å². The van der Waals surface area contributed by atoms with Crippen molar-refractivity contribution in [1.82, 2.24) is 15.4 Å². The summed E-state index contributed by atoms with van der Waals surface area (Å²) in [5.41, 5.74) is 0. The van der Waals surface area contributed by atoms with Crippen LogP contribution in [0.15, 0.2) is 10.6 Å². The molecule has 20 heavy (non-hydrogen) atoms. The minimum Gasteiger partial charge on any atom is -0.360 e. The maximum atomic E-state index is 11.9. The fourth-order valence-electron chi connectivity index (χ4n) is 2.59. The second-order valence-electron chi connectivity index (χ2n) is 5.30. The van der Waals surface area contributed by atoms with E-state index in [1.165, 1.54) is 6.42 Å². The molecule has 0 aliphatic carbocycles. The molecular formula is C14H24N4O2. The van der Waals surface area contributed by atoms with Crippen LogP contribution in [0.4, 0.5) is 5.82 Å². The number of nitrogens with zero attached hydrogens (tertiary/aromatic N) is 2. The predicted octanol–water partition coefficient (Wildman–Crippen LogP) is 1.39. The Hall–Kier alpha value is -1.40. The van der Waals surface area contributed by atoms with E-state index in [4.69, 9.17) is 4.52 Å². The summed E-state index contributed by atoms with van der Waals surface area (Å²) >= 11 is 0. The molecule has 0 radical (unpaired) electrons. The van der Waals surface area contributed by atoms with Crippen LogP contribution < -0.4 is 10.6 Å². The number of hydrogen-bond donors (Lipinski definition) is 2. The van der Waals surface area contributed by atoms with Gasteiger partial charge in [-0.2, -0.15) is 0 Å². The Bertz CT molecular complexity index is 427.